The minimum atomic E-state index is -0.824. The molecular weight excluding hydrogens is 282 g/mol. The maximum absolute atomic E-state index is 11.9. The van der Waals surface area contributed by atoms with Crippen LogP contribution in [0.25, 0.3) is 0 Å². The number of amides is 1. The van der Waals surface area contributed by atoms with Crippen molar-refractivity contribution in [2.45, 2.75) is 25.4 Å². The Kier molecular flexibility index (Phi) is 5.61. The summed E-state index contributed by atoms with van der Waals surface area (Å²) in [5, 5.41) is 12.6. The van der Waals surface area contributed by atoms with E-state index in [-0.39, 0.29) is 18.4 Å². The number of benzene rings is 1. The lowest BCUT2D eigenvalue weighted by molar-refractivity contribution is -0.121. The maximum Gasteiger partial charge on any atom is 0.220 e. The van der Waals surface area contributed by atoms with Gasteiger partial charge in [0.15, 0.2) is 0 Å². The van der Waals surface area contributed by atoms with Crippen molar-refractivity contribution in [1.29, 1.82) is 0 Å². The predicted octanol–water partition coefficient (Wildman–Crippen LogP) is 2.63. The van der Waals surface area contributed by atoms with Crippen LogP contribution in [0.1, 0.15) is 36.7 Å². The molecular formula is C17H21NO4. The second-order valence-electron chi connectivity index (χ2n) is 5.21. The molecule has 0 fully saturated rings. The Morgan fingerprint density at radius 2 is 2.05 bits per heavy atom. The van der Waals surface area contributed by atoms with Crippen molar-refractivity contribution in [3.63, 3.8) is 0 Å². The van der Waals surface area contributed by atoms with Gasteiger partial charge in [-0.15, -0.1) is 0 Å². The van der Waals surface area contributed by atoms with Crippen LogP contribution in [0.5, 0.6) is 5.75 Å². The molecule has 2 rings (SSSR count). The smallest absolute Gasteiger partial charge is 0.220 e. The number of aliphatic hydroxyl groups is 1. The first-order chi connectivity index (χ1) is 10.6. The molecule has 1 amide bonds. The van der Waals surface area contributed by atoms with Gasteiger partial charge in [-0.3, -0.25) is 4.79 Å². The van der Waals surface area contributed by atoms with Crippen LogP contribution in [-0.2, 0) is 4.79 Å². The SMILES string of the molecule is COc1ccc(C(C)CC(=O)NCC(O)c2ccco2)cc1. The van der Waals surface area contributed by atoms with Gasteiger partial charge in [0.1, 0.15) is 17.6 Å². The van der Waals surface area contributed by atoms with Gasteiger partial charge in [0.05, 0.1) is 19.9 Å². The summed E-state index contributed by atoms with van der Waals surface area (Å²) >= 11 is 0. The Labute approximate surface area is 129 Å². The first-order valence-corrected chi connectivity index (χ1v) is 7.22. The van der Waals surface area contributed by atoms with Crippen LogP contribution < -0.4 is 10.1 Å². The molecule has 5 heteroatoms. The van der Waals surface area contributed by atoms with Crippen LogP contribution in [0.4, 0.5) is 0 Å². The van der Waals surface area contributed by atoms with Gasteiger partial charge in [0.25, 0.3) is 0 Å². The summed E-state index contributed by atoms with van der Waals surface area (Å²) < 4.78 is 10.2. The average molecular weight is 303 g/mol. The lowest BCUT2D eigenvalue weighted by Crippen LogP contribution is -2.29. The fraction of sp³-hybridized carbons (Fsp3) is 0.353. The van der Waals surface area contributed by atoms with E-state index in [9.17, 15) is 9.90 Å². The van der Waals surface area contributed by atoms with Gasteiger partial charge in [-0.05, 0) is 35.7 Å². The minimum absolute atomic E-state index is 0.0895. The molecule has 22 heavy (non-hydrogen) atoms. The standard InChI is InChI=1S/C17H21NO4/c1-12(13-5-7-14(21-2)8-6-13)10-17(20)18-11-15(19)16-4-3-9-22-16/h3-9,12,15,19H,10-11H2,1-2H3,(H,18,20). The summed E-state index contributed by atoms with van der Waals surface area (Å²) in [7, 11) is 1.62. The molecule has 0 saturated carbocycles. The number of ether oxygens (including phenoxy) is 1. The van der Waals surface area contributed by atoms with Crippen molar-refractivity contribution >= 4 is 5.91 Å². The number of hydrogen-bond donors (Lipinski definition) is 2. The van der Waals surface area contributed by atoms with E-state index in [2.05, 4.69) is 5.32 Å². The molecule has 2 N–H and O–H groups in total. The Bertz CT molecular complexity index is 577. The van der Waals surface area contributed by atoms with Crippen LogP contribution in [-0.4, -0.2) is 24.7 Å². The molecule has 0 saturated heterocycles. The molecule has 0 aliphatic carbocycles. The van der Waals surface area contributed by atoms with Gasteiger partial charge in [0, 0.05) is 6.42 Å². The lowest BCUT2D eigenvalue weighted by Gasteiger charge is -2.14. The van der Waals surface area contributed by atoms with Crippen molar-refractivity contribution in [2.24, 2.45) is 0 Å². The van der Waals surface area contributed by atoms with Crippen LogP contribution in [0.15, 0.2) is 47.1 Å². The quantitative estimate of drug-likeness (QED) is 0.825. The van der Waals surface area contributed by atoms with E-state index < -0.39 is 6.10 Å². The summed E-state index contributed by atoms with van der Waals surface area (Å²) in [6.07, 6.45) is 1.03. The van der Waals surface area contributed by atoms with Gasteiger partial charge in [0.2, 0.25) is 5.91 Å². The lowest BCUT2D eigenvalue weighted by atomic mass is 9.97. The molecule has 0 aliphatic heterocycles. The Balaban J connectivity index is 1.80. The highest BCUT2D eigenvalue weighted by Crippen LogP contribution is 2.21. The summed E-state index contributed by atoms with van der Waals surface area (Å²) in [5.41, 5.74) is 1.07. The van der Waals surface area contributed by atoms with E-state index in [1.165, 1.54) is 6.26 Å². The van der Waals surface area contributed by atoms with E-state index in [0.717, 1.165) is 11.3 Å². The number of furan rings is 1. The Morgan fingerprint density at radius 3 is 2.64 bits per heavy atom. The molecule has 1 heterocycles. The highest BCUT2D eigenvalue weighted by Gasteiger charge is 2.14. The second kappa shape index (κ2) is 7.66. The molecule has 1 aromatic heterocycles. The third-order valence-corrected chi connectivity index (χ3v) is 3.54. The molecule has 118 valence electrons. The average Bonchev–Trinajstić information content (AvgIpc) is 3.07. The first-order valence-electron chi connectivity index (χ1n) is 7.22. The third kappa shape index (κ3) is 4.36. The topological polar surface area (TPSA) is 71.7 Å². The molecule has 0 spiro atoms. The molecule has 0 aliphatic rings. The first kappa shape index (κ1) is 16.1. The molecule has 0 radical (unpaired) electrons. The van der Waals surface area contributed by atoms with E-state index in [4.69, 9.17) is 9.15 Å². The Morgan fingerprint density at radius 1 is 1.32 bits per heavy atom. The van der Waals surface area contributed by atoms with E-state index in [1.807, 2.05) is 31.2 Å². The van der Waals surface area contributed by atoms with Crippen molar-refractivity contribution in [3.05, 3.63) is 54.0 Å². The van der Waals surface area contributed by atoms with Crippen LogP contribution in [0.2, 0.25) is 0 Å². The highest BCUT2D eigenvalue weighted by atomic mass is 16.5. The minimum Gasteiger partial charge on any atom is -0.497 e. The zero-order valence-electron chi connectivity index (χ0n) is 12.8. The normalized spacial score (nSPS) is 13.4. The number of rotatable bonds is 7. The fourth-order valence-electron chi connectivity index (χ4n) is 2.19. The number of carbonyl (C=O) groups excluding carboxylic acids is 1. The molecule has 2 aromatic rings. The van der Waals surface area contributed by atoms with Crippen LogP contribution in [0, 0.1) is 0 Å². The Hall–Kier alpha value is -2.27. The van der Waals surface area contributed by atoms with Crippen molar-refractivity contribution in [2.75, 3.05) is 13.7 Å². The van der Waals surface area contributed by atoms with Crippen molar-refractivity contribution in [3.8, 4) is 5.75 Å². The van der Waals surface area contributed by atoms with E-state index in [1.54, 1.807) is 19.2 Å². The monoisotopic (exact) mass is 303 g/mol. The van der Waals surface area contributed by atoms with Crippen LogP contribution in [0.3, 0.4) is 0 Å². The molecule has 2 unspecified atom stereocenters. The maximum atomic E-state index is 11.9. The highest BCUT2D eigenvalue weighted by molar-refractivity contribution is 5.76. The zero-order chi connectivity index (χ0) is 15.9. The summed E-state index contributed by atoms with van der Waals surface area (Å²) in [4.78, 5) is 11.9. The van der Waals surface area contributed by atoms with Gasteiger partial charge >= 0.3 is 0 Å². The number of hydrogen-bond acceptors (Lipinski definition) is 4. The number of carbonyl (C=O) groups is 1. The summed E-state index contributed by atoms with van der Waals surface area (Å²) in [6.45, 7) is 2.13. The van der Waals surface area contributed by atoms with Crippen LogP contribution >= 0.6 is 0 Å². The number of methoxy groups -OCH3 is 1. The largest absolute Gasteiger partial charge is 0.497 e. The molecule has 5 nitrogen and oxygen atoms in total. The number of nitrogens with one attached hydrogen (secondary N) is 1. The molecule has 1 aromatic carbocycles. The van der Waals surface area contributed by atoms with Crippen molar-refractivity contribution in [1.82, 2.24) is 5.32 Å². The van der Waals surface area contributed by atoms with Gasteiger partial charge in [-0.25, -0.2) is 0 Å². The third-order valence-electron chi connectivity index (χ3n) is 3.54. The van der Waals surface area contributed by atoms with Crippen molar-refractivity contribution < 1.29 is 19.1 Å². The summed E-state index contributed by atoms with van der Waals surface area (Å²) in [5.74, 6) is 1.23. The molecule has 2 atom stereocenters. The van der Waals surface area contributed by atoms with E-state index >= 15 is 0 Å². The van der Waals surface area contributed by atoms with Gasteiger partial charge in [-0.1, -0.05) is 19.1 Å². The zero-order valence-corrected chi connectivity index (χ0v) is 12.8. The number of aliphatic hydroxyl groups excluding tert-OH is 1. The second-order valence-corrected chi connectivity index (χ2v) is 5.21. The van der Waals surface area contributed by atoms with Gasteiger partial charge < -0.3 is 19.6 Å². The van der Waals surface area contributed by atoms with Gasteiger partial charge in [-0.2, -0.15) is 0 Å². The summed E-state index contributed by atoms with van der Waals surface area (Å²) in [6, 6.07) is 11.0. The fourth-order valence-corrected chi connectivity index (χ4v) is 2.19. The predicted molar refractivity (Wildman–Crippen MR) is 82.7 cm³/mol. The molecule has 0 bridgehead atoms. The van der Waals surface area contributed by atoms with E-state index in [0.29, 0.717) is 12.2 Å².